The third-order valence-corrected chi connectivity index (χ3v) is 2.71. The molecule has 5 heteroatoms. The van der Waals surface area contributed by atoms with Crippen LogP contribution in [-0.4, -0.2) is 30.3 Å². The normalized spacial score (nSPS) is 15.4. The van der Waals surface area contributed by atoms with Crippen LogP contribution in [0.4, 0.5) is 6.01 Å². The molecule has 0 spiro atoms. The third kappa shape index (κ3) is 3.20. The van der Waals surface area contributed by atoms with E-state index in [0.29, 0.717) is 18.5 Å². The van der Waals surface area contributed by atoms with Crippen LogP contribution in [0.15, 0.2) is 4.42 Å². The summed E-state index contributed by atoms with van der Waals surface area (Å²) in [4.78, 5) is 2.05. The standard InChI is InChI=1S/C11H20N4O/c1-3-6-12-7-10-13-14-11(16-10)15(2)8-9-4-5-9/h9,12H,3-8H2,1-2H3. The average Bonchev–Trinajstić information content (AvgIpc) is 2.95. The summed E-state index contributed by atoms with van der Waals surface area (Å²) in [6.07, 6.45) is 3.79. The highest BCUT2D eigenvalue weighted by Gasteiger charge is 2.24. The highest BCUT2D eigenvalue weighted by atomic mass is 16.4. The Bertz CT molecular complexity index is 322. The number of nitrogens with one attached hydrogen (secondary N) is 1. The van der Waals surface area contributed by atoms with Gasteiger partial charge in [0.15, 0.2) is 0 Å². The van der Waals surface area contributed by atoms with E-state index in [0.717, 1.165) is 25.4 Å². The van der Waals surface area contributed by atoms with Gasteiger partial charge in [0.1, 0.15) is 0 Å². The molecule has 90 valence electrons. The summed E-state index contributed by atoms with van der Waals surface area (Å²) in [5, 5.41) is 11.3. The fourth-order valence-electron chi connectivity index (χ4n) is 1.61. The maximum atomic E-state index is 5.56. The molecule has 0 radical (unpaired) electrons. The van der Waals surface area contributed by atoms with Crippen molar-refractivity contribution in [1.82, 2.24) is 15.5 Å². The van der Waals surface area contributed by atoms with Crippen LogP contribution < -0.4 is 10.2 Å². The van der Waals surface area contributed by atoms with E-state index in [2.05, 4.69) is 22.4 Å². The van der Waals surface area contributed by atoms with Gasteiger partial charge in [-0.3, -0.25) is 0 Å². The zero-order valence-corrected chi connectivity index (χ0v) is 10.1. The first kappa shape index (κ1) is 11.4. The molecule has 1 N–H and O–H groups in total. The van der Waals surface area contributed by atoms with Crippen LogP contribution in [0.25, 0.3) is 0 Å². The van der Waals surface area contributed by atoms with E-state index in [4.69, 9.17) is 4.42 Å². The summed E-state index contributed by atoms with van der Waals surface area (Å²) in [7, 11) is 2.01. The van der Waals surface area contributed by atoms with E-state index in [1.54, 1.807) is 0 Å². The summed E-state index contributed by atoms with van der Waals surface area (Å²) in [6, 6.07) is 0.639. The van der Waals surface area contributed by atoms with E-state index in [1.807, 2.05) is 11.9 Å². The molecule has 0 saturated heterocycles. The van der Waals surface area contributed by atoms with Crippen LogP contribution in [0.3, 0.4) is 0 Å². The van der Waals surface area contributed by atoms with E-state index in [1.165, 1.54) is 12.8 Å². The minimum Gasteiger partial charge on any atom is -0.407 e. The van der Waals surface area contributed by atoms with Gasteiger partial charge in [0.25, 0.3) is 0 Å². The van der Waals surface area contributed by atoms with Crippen LogP contribution in [0, 0.1) is 5.92 Å². The Morgan fingerprint density at radius 3 is 2.94 bits per heavy atom. The molecular weight excluding hydrogens is 204 g/mol. The highest BCUT2D eigenvalue weighted by molar-refractivity contribution is 5.22. The van der Waals surface area contributed by atoms with Gasteiger partial charge in [-0.1, -0.05) is 12.0 Å². The predicted molar refractivity (Wildman–Crippen MR) is 62.3 cm³/mol. The van der Waals surface area contributed by atoms with Gasteiger partial charge in [-0.25, -0.2) is 0 Å². The average molecular weight is 224 g/mol. The zero-order valence-electron chi connectivity index (χ0n) is 10.1. The lowest BCUT2D eigenvalue weighted by molar-refractivity contribution is 0.464. The Balaban J connectivity index is 1.80. The van der Waals surface area contributed by atoms with Crippen molar-refractivity contribution in [2.24, 2.45) is 5.92 Å². The van der Waals surface area contributed by atoms with Crippen molar-refractivity contribution in [1.29, 1.82) is 0 Å². The second-order valence-corrected chi connectivity index (χ2v) is 4.48. The Morgan fingerprint density at radius 2 is 2.25 bits per heavy atom. The molecule has 0 aliphatic heterocycles. The van der Waals surface area contributed by atoms with Gasteiger partial charge in [-0.05, 0) is 31.7 Å². The summed E-state index contributed by atoms with van der Waals surface area (Å²) >= 11 is 0. The van der Waals surface area contributed by atoms with Gasteiger partial charge in [0, 0.05) is 13.6 Å². The molecule has 0 unspecified atom stereocenters. The predicted octanol–water partition coefficient (Wildman–Crippen LogP) is 1.42. The molecule has 0 amide bonds. The molecule has 1 heterocycles. The minimum absolute atomic E-state index is 0.639. The van der Waals surface area contributed by atoms with Crippen molar-refractivity contribution in [3.05, 3.63) is 5.89 Å². The fourth-order valence-corrected chi connectivity index (χ4v) is 1.61. The number of aromatic nitrogens is 2. The Kier molecular flexibility index (Phi) is 3.77. The van der Waals surface area contributed by atoms with Crippen molar-refractivity contribution >= 4 is 6.01 Å². The van der Waals surface area contributed by atoms with E-state index in [-0.39, 0.29) is 0 Å². The van der Waals surface area contributed by atoms with Gasteiger partial charge in [0.2, 0.25) is 5.89 Å². The molecule has 1 saturated carbocycles. The molecule has 1 aromatic heterocycles. The molecule has 5 nitrogen and oxygen atoms in total. The Labute approximate surface area is 96.2 Å². The second kappa shape index (κ2) is 5.30. The second-order valence-electron chi connectivity index (χ2n) is 4.48. The Morgan fingerprint density at radius 1 is 1.44 bits per heavy atom. The molecular formula is C11H20N4O. The maximum Gasteiger partial charge on any atom is 0.317 e. The molecule has 2 rings (SSSR count). The monoisotopic (exact) mass is 224 g/mol. The molecule has 1 aliphatic rings. The van der Waals surface area contributed by atoms with Crippen LogP contribution in [0.5, 0.6) is 0 Å². The first-order chi connectivity index (χ1) is 7.79. The number of nitrogens with zero attached hydrogens (tertiary/aromatic N) is 3. The topological polar surface area (TPSA) is 54.2 Å². The minimum atomic E-state index is 0.639. The maximum absolute atomic E-state index is 5.56. The van der Waals surface area contributed by atoms with Crippen molar-refractivity contribution in [3.63, 3.8) is 0 Å². The van der Waals surface area contributed by atoms with Crippen molar-refractivity contribution in [3.8, 4) is 0 Å². The largest absolute Gasteiger partial charge is 0.407 e. The fraction of sp³-hybridized carbons (Fsp3) is 0.818. The van der Waals surface area contributed by atoms with Crippen molar-refractivity contribution < 1.29 is 4.42 Å². The summed E-state index contributed by atoms with van der Waals surface area (Å²) in [5.74, 6) is 1.50. The Hall–Kier alpha value is -1.10. The smallest absolute Gasteiger partial charge is 0.317 e. The van der Waals surface area contributed by atoms with Gasteiger partial charge in [0.05, 0.1) is 6.54 Å². The summed E-state index contributed by atoms with van der Waals surface area (Å²) in [5.41, 5.74) is 0. The molecule has 1 aromatic rings. The quantitative estimate of drug-likeness (QED) is 0.710. The van der Waals surface area contributed by atoms with Crippen LogP contribution in [-0.2, 0) is 6.54 Å². The van der Waals surface area contributed by atoms with E-state index in [9.17, 15) is 0 Å². The summed E-state index contributed by atoms with van der Waals surface area (Å²) in [6.45, 7) is 4.81. The number of hydrogen-bond donors (Lipinski definition) is 1. The lowest BCUT2D eigenvalue weighted by atomic mass is 10.4. The molecule has 16 heavy (non-hydrogen) atoms. The van der Waals surface area contributed by atoms with Gasteiger partial charge < -0.3 is 14.6 Å². The number of rotatable bonds is 7. The van der Waals surface area contributed by atoms with Crippen molar-refractivity contribution in [2.45, 2.75) is 32.7 Å². The molecule has 0 bridgehead atoms. The molecule has 1 fully saturated rings. The number of hydrogen-bond acceptors (Lipinski definition) is 5. The lowest BCUT2D eigenvalue weighted by Gasteiger charge is -2.12. The van der Waals surface area contributed by atoms with Crippen LogP contribution >= 0.6 is 0 Å². The first-order valence-electron chi connectivity index (χ1n) is 6.04. The van der Waals surface area contributed by atoms with Crippen LogP contribution in [0.1, 0.15) is 32.1 Å². The lowest BCUT2D eigenvalue weighted by Crippen LogP contribution is -2.20. The SMILES string of the molecule is CCCNCc1nnc(N(C)CC2CC2)o1. The van der Waals surface area contributed by atoms with E-state index < -0.39 is 0 Å². The van der Waals surface area contributed by atoms with Crippen LogP contribution in [0.2, 0.25) is 0 Å². The zero-order chi connectivity index (χ0) is 11.4. The van der Waals surface area contributed by atoms with Crippen molar-refractivity contribution in [2.75, 3.05) is 25.0 Å². The number of anilines is 1. The molecule has 1 aliphatic carbocycles. The van der Waals surface area contributed by atoms with E-state index >= 15 is 0 Å². The molecule has 0 atom stereocenters. The highest BCUT2D eigenvalue weighted by Crippen LogP contribution is 2.30. The third-order valence-electron chi connectivity index (χ3n) is 2.71. The van der Waals surface area contributed by atoms with Gasteiger partial charge in [-0.15, -0.1) is 5.10 Å². The summed E-state index contributed by atoms with van der Waals surface area (Å²) < 4.78 is 5.56. The van der Waals surface area contributed by atoms with Gasteiger partial charge >= 0.3 is 6.01 Å². The van der Waals surface area contributed by atoms with Gasteiger partial charge in [-0.2, -0.15) is 0 Å². The first-order valence-corrected chi connectivity index (χ1v) is 6.04. The molecule has 0 aromatic carbocycles.